The number of hydrazine groups is 1. The number of morpholine rings is 1. The minimum absolute atomic E-state index is 0.118. The standard InChI is InChI=1S/C14H17ClN6O2/c1-22-11-3-2-9(15)8-10(11)12-17-13(16)19-14(18-12)20-21-4-6-23-7-5-21/h2-3,8H,4-7H2,1H3,(H3,16,17,18,19,20). The quantitative estimate of drug-likeness (QED) is 0.865. The van der Waals surface area contributed by atoms with Crippen molar-refractivity contribution in [3.63, 3.8) is 0 Å². The lowest BCUT2D eigenvalue weighted by atomic mass is 10.2. The first-order chi connectivity index (χ1) is 11.2. The third kappa shape index (κ3) is 3.79. The molecule has 0 unspecified atom stereocenters. The second-order valence-electron chi connectivity index (χ2n) is 4.90. The molecule has 1 saturated heterocycles. The third-order valence-corrected chi connectivity index (χ3v) is 3.56. The zero-order valence-electron chi connectivity index (χ0n) is 12.6. The van der Waals surface area contributed by atoms with Gasteiger partial charge in [0.2, 0.25) is 11.9 Å². The number of nitrogens with one attached hydrogen (secondary N) is 1. The van der Waals surface area contributed by atoms with Crippen LogP contribution in [0, 0.1) is 0 Å². The van der Waals surface area contributed by atoms with Gasteiger partial charge in [-0.2, -0.15) is 15.0 Å². The summed E-state index contributed by atoms with van der Waals surface area (Å²) in [5.74, 6) is 1.49. The number of benzene rings is 1. The molecule has 0 atom stereocenters. The van der Waals surface area contributed by atoms with Crippen LogP contribution in [0.2, 0.25) is 5.02 Å². The molecule has 9 heteroatoms. The van der Waals surface area contributed by atoms with Gasteiger partial charge in [-0.25, -0.2) is 5.01 Å². The van der Waals surface area contributed by atoms with Crippen molar-refractivity contribution in [2.45, 2.75) is 0 Å². The van der Waals surface area contributed by atoms with E-state index < -0.39 is 0 Å². The minimum Gasteiger partial charge on any atom is -0.496 e. The lowest BCUT2D eigenvalue weighted by Crippen LogP contribution is -2.40. The summed E-state index contributed by atoms with van der Waals surface area (Å²) in [4.78, 5) is 12.7. The van der Waals surface area contributed by atoms with Crippen LogP contribution in [0.5, 0.6) is 5.75 Å². The fourth-order valence-corrected chi connectivity index (χ4v) is 2.41. The number of ether oxygens (including phenoxy) is 2. The van der Waals surface area contributed by atoms with E-state index in [1.54, 1.807) is 25.3 Å². The summed E-state index contributed by atoms with van der Waals surface area (Å²) in [5.41, 5.74) is 9.59. The topological polar surface area (TPSA) is 98.4 Å². The molecule has 3 N–H and O–H groups in total. The molecule has 1 fully saturated rings. The Bertz CT molecular complexity index is 693. The van der Waals surface area contributed by atoms with E-state index in [2.05, 4.69) is 20.4 Å². The van der Waals surface area contributed by atoms with Crippen LogP contribution in [0.4, 0.5) is 11.9 Å². The first-order valence-electron chi connectivity index (χ1n) is 7.10. The number of hydrogen-bond donors (Lipinski definition) is 2. The highest BCUT2D eigenvalue weighted by Gasteiger charge is 2.15. The van der Waals surface area contributed by atoms with Gasteiger partial charge in [0.1, 0.15) is 5.75 Å². The van der Waals surface area contributed by atoms with Crippen molar-refractivity contribution in [2.24, 2.45) is 0 Å². The van der Waals surface area contributed by atoms with Crippen LogP contribution >= 0.6 is 11.6 Å². The summed E-state index contributed by atoms with van der Waals surface area (Å²) in [6, 6.07) is 5.22. The Morgan fingerprint density at radius 2 is 2.04 bits per heavy atom. The number of nitrogens with two attached hydrogens (primary N) is 1. The molecule has 2 heterocycles. The van der Waals surface area contributed by atoms with Crippen molar-refractivity contribution in [2.75, 3.05) is 44.6 Å². The largest absolute Gasteiger partial charge is 0.496 e. The van der Waals surface area contributed by atoms with Crippen molar-refractivity contribution < 1.29 is 9.47 Å². The molecular formula is C14H17ClN6O2. The van der Waals surface area contributed by atoms with Crippen molar-refractivity contribution in [3.05, 3.63) is 23.2 Å². The first-order valence-corrected chi connectivity index (χ1v) is 7.48. The maximum atomic E-state index is 6.06. The number of anilines is 2. The molecule has 3 rings (SSSR count). The fourth-order valence-electron chi connectivity index (χ4n) is 2.23. The monoisotopic (exact) mass is 336 g/mol. The van der Waals surface area contributed by atoms with Gasteiger partial charge in [-0.05, 0) is 18.2 Å². The molecule has 0 aliphatic carbocycles. The van der Waals surface area contributed by atoms with Gasteiger partial charge in [-0.15, -0.1) is 0 Å². The second-order valence-corrected chi connectivity index (χ2v) is 5.33. The molecule has 0 radical (unpaired) electrons. The smallest absolute Gasteiger partial charge is 0.242 e. The Hall–Kier alpha value is -2.16. The van der Waals surface area contributed by atoms with Crippen LogP contribution in [-0.4, -0.2) is 53.4 Å². The molecule has 1 aliphatic heterocycles. The van der Waals surface area contributed by atoms with Crippen molar-refractivity contribution in [3.8, 4) is 17.1 Å². The maximum Gasteiger partial charge on any atom is 0.242 e. The number of rotatable bonds is 4. The minimum atomic E-state index is 0.118. The van der Waals surface area contributed by atoms with Crippen LogP contribution in [-0.2, 0) is 4.74 Å². The average molecular weight is 337 g/mol. The summed E-state index contributed by atoms with van der Waals surface area (Å²) >= 11 is 6.06. The van der Waals surface area contributed by atoms with Crippen molar-refractivity contribution in [1.82, 2.24) is 20.0 Å². The maximum absolute atomic E-state index is 6.06. The molecular weight excluding hydrogens is 320 g/mol. The molecule has 122 valence electrons. The van der Waals surface area contributed by atoms with Gasteiger partial charge in [0.05, 0.1) is 25.9 Å². The highest BCUT2D eigenvalue weighted by molar-refractivity contribution is 6.30. The summed E-state index contributed by atoms with van der Waals surface area (Å²) in [7, 11) is 1.57. The number of halogens is 1. The second kappa shape index (κ2) is 6.95. The molecule has 0 amide bonds. The van der Waals surface area contributed by atoms with E-state index in [-0.39, 0.29) is 5.95 Å². The number of nitrogens with zero attached hydrogens (tertiary/aromatic N) is 4. The lowest BCUT2D eigenvalue weighted by Gasteiger charge is -2.26. The molecule has 8 nitrogen and oxygen atoms in total. The van der Waals surface area contributed by atoms with Gasteiger partial charge in [0.25, 0.3) is 0 Å². The van der Waals surface area contributed by atoms with Gasteiger partial charge in [-0.3, -0.25) is 5.43 Å². The Labute approximate surface area is 138 Å². The van der Waals surface area contributed by atoms with Crippen LogP contribution < -0.4 is 15.9 Å². The van der Waals surface area contributed by atoms with Crippen LogP contribution in [0.15, 0.2) is 18.2 Å². The van der Waals surface area contributed by atoms with E-state index in [1.165, 1.54) is 0 Å². The van der Waals surface area contributed by atoms with Gasteiger partial charge in [-0.1, -0.05) is 11.6 Å². The van der Waals surface area contributed by atoms with Crippen LogP contribution in [0.1, 0.15) is 0 Å². The predicted molar refractivity (Wildman–Crippen MR) is 87.3 cm³/mol. The highest BCUT2D eigenvalue weighted by Crippen LogP contribution is 2.30. The van der Waals surface area contributed by atoms with Gasteiger partial charge >= 0.3 is 0 Å². The summed E-state index contributed by atoms with van der Waals surface area (Å²) in [6.07, 6.45) is 0. The van der Waals surface area contributed by atoms with Gasteiger partial charge < -0.3 is 15.2 Å². The Morgan fingerprint density at radius 3 is 2.78 bits per heavy atom. The van der Waals surface area contributed by atoms with E-state index >= 15 is 0 Å². The summed E-state index contributed by atoms with van der Waals surface area (Å²) in [5, 5.41) is 2.53. The van der Waals surface area contributed by atoms with Gasteiger partial charge in [0, 0.05) is 18.1 Å². The SMILES string of the molecule is COc1ccc(Cl)cc1-c1nc(N)nc(NN2CCOCC2)n1. The highest BCUT2D eigenvalue weighted by atomic mass is 35.5. The van der Waals surface area contributed by atoms with E-state index in [1.807, 2.05) is 5.01 Å². The third-order valence-electron chi connectivity index (χ3n) is 3.32. The van der Waals surface area contributed by atoms with Crippen LogP contribution in [0.3, 0.4) is 0 Å². The Balaban J connectivity index is 1.92. The zero-order valence-corrected chi connectivity index (χ0v) is 13.4. The van der Waals surface area contributed by atoms with Crippen molar-refractivity contribution in [1.29, 1.82) is 0 Å². The molecule has 0 bridgehead atoms. The van der Waals surface area contributed by atoms with E-state index in [0.29, 0.717) is 41.3 Å². The first kappa shape index (κ1) is 15.7. The van der Waals surface area contributed by atoms with Crippen LogP contribution in [0.25, 0.3) is 11.4 Å². The average Bonchev–Trinajstić information content (AvgIpc) is 2.55. The molecule has 23 heavy (non-hydrogen) atoms. The predicted octanol–water partition coefficient (Wildman–Crippen LogP) is 1.44. The summed E-state index contributed by atoms with van der Waals surface area (Å²) in [6.45, 7) is 2.79. The van der Waals surface area contributed by atoms with E-state index in [4.69, 9.17) is 26.8 Å². The molecule has 1 aliphatic rings. The molecule has 0 spiro atoms. The Morgan fingerprint density at radius 1 is 1.26 bits per heavy atom. The lowest BCUT2D eigenvalue weighted by molar-refractivity contribution is 0.0492. The Kier molecular flexibility index (Phi) is 4.75. The number of methoxy groups -OCH3 is 1. The number of hydrogen-bond acceptors (Lipinski definition) is 8. The normalized spacial score (nSPS) is 15.4. The fraction of sp³-hybridized carbons (Fsp3) is 0.357. The molecule has 2 aromatic rings. The van der Waals surface area contributed by atoms with E-state index in [0.717, 1.165) is 13.1 Å². The van der Waals surface area contributed by atoms with Gasteiger partial charge in [0.15, 0.2) is 5.82 Å². The van der Waals surface area contributed by atoms with E-state index in [9.17, 15) is 0 Å². The number of aromatic nitrogens is 3. The molecule has 1 aromatic carbocycles. The van der Waals surface area contributed by atoms with Crippen molar-refractivity contribution >= 4 is 23.5 Å². The molecule has 0 saturated carbocycles. The zero-order chi connectivity index (χ0) is 16.2. The summed E-state index contributed by atoms with van der Waals surface area (Å²) < 4.78 is 10.6. The number of nitrogen functional groups attached to an aromatic ring is 1. The molecule has 1 aromatic heterocycles.